The predicted octanol–water partition coefficient (Wildman–Crippen LogP) is 1.84. The van der Waals surface area contributed by atoms with Crippen molar-refractivity contribution in [2.24, 2.45) is 5.92 Å². The molecule has 0 aromatic rings. The van der Waals surface area contributed by atoms with E-state index in [1.54, 1.807) is 0 Å². The summed E-state index contributed by atoms with van der Waals surface area (Å²) in [6.07, 6.45) is 2.89. The Morgan fingerprint density at radius 3 is 2.50 bits per heavy atom. The van der Waals surface area contributed by atoms with Crippen molar-refractivity contribution in [3.63, 3.8) is 0 Å². The Morgan fingerprint density at radius 1 is 1.75 bits per heavy atom. The molecule has 0 aromatic carbocycles. The van der Waals surface area contributed by atoms with Crippen LogP contribution in [0, 0.1) is 5.92 Å². The van der Waals surface area contributed by atoms with E-state index < -0.39 is 0 Å². The Bertz CT molecular complexity index is 63.5. The molecule has 0 bridgehead atoms. The number of carbonyl (C=O) groups excluding carboxylic acids is 1. The van der Waals surface area contributed by atoms with Crippen LogP contribution < -0.4 is 0 Å². The van der Waals surface area contributed by atoms with Crippen molar-refractivity contribution in [3.05, 3.63) is 0 Å². The van der Waals surface area contributed by atoms with E-state index in [4.69, 9.17) is 11.6 Å². The third-order valence-electron chi connectivity index (χ3n) is 1.05. The van der Waals surface area contributed by atoms with Gasteiger partial charge in [0.05, 0.1) is 0 Å². The maximum atomic E-state index is 10.0. The molecule has 2 heteroatoms. The fourth-order valence-corrected chi connectivity index (χ4v) is 0.779. The molecule has 0 aliphatic rings. The summed E-state index contributed by atoms with van der Waals surface area (Å²) in [4.78, 5) is 10.0. The average Bonchev–Trinajstić information content (AvgIpc) is 1.83. The minimum atomic E-state index is 0.0849. The van der Waals surface area contributed by atoms with Gasteiger partial charge in [-0.2, -0.15) is 0 Å². The van der Waals surface area contributed by atoms with E-state index >= 15 is 0 Å². The maximum Gasteiger partial charge on any atom is 0.124 e. The van der Waals surface area contributed by atoms with Crippen LogP contribution in [0.3, 0.4) is 0 Å². The lowest BCUT2D eigenvalue weighted by molar-refractivity contribution is -0.110. The minimum Gasteiger partial charge on any atom is -0.303 e. The SMILES string of the molecule is CCCC(C=O)CCl. The van der Waals surface area contributed by atoms with Gasteiger partial charge in [-0.15, -0.1) is 11.6 Å². The van der Waals surface area contributed by atoms with Crippen LogP contribution in [0.25, 0.3) is 0 Å². The smallest absolute Gasteiger partial charge is 0.124 e. The van der Waals surface area contributed by atoms with Gasteiger partial charge in [0, 0.05) is 11.8 Å². The highest BCUT2D eigenvalue weighted by atomic mass is 35.5. The lowest BCUT2D eigenvalue weighted by Crippen LogP contribution is -2.01. The average molecular weight is 135 g/mol. The highest BCUT2D eigenvalue weighted by molar-refractivity contribution is 6.18. The van der Waals surface area contributed by atoms with Crippen molar-refractivity contribution in [3.8, 4) is 0 Å². The summed E-state index contributed by atoms with van der Waals surface area (Å²) in [6, 6.07) is 0. The lowest BCUT2D eigenvalue weighted by Gasteiger charge is -1.99. The Balaban J connectivity index is 3.21. The van der Waals surface area contributed by atoms with E-state index in [0.717, 1.165) is 19.1 Å². The third-order valence-corrected chi connectivity index (χ3v) is 1.45. The number of carbonyl (C=O) groups is 1. The molecule has 1 atom stereocenters. The molecule has 0 spiro atoms. The molecule has 0 aliphatic carbocycles. The van der Waals surface area contributed by atoms with E-state index in [1.807, 2.05) is 6.92 Å². The van der Waals surface area contributed by atoms with E-state index in [-0.39, 0.29) is 5.92 Å². The van der Waals surface area contributed by atoms with Crippen molar-refractivity contribution in [2.75, 3.05) is 5.88 Å². The largest absolute Gasteiger partial charge is 0.303 e. The molecular formula is C6H11ClO. The van der Waals surface area contributed by atoms with Crippen LogP contribution in [0.5, 0.6) is 0 Å². The standard InChI is InChI=1S/C6H11ClO/c1-2-3-6(4-7)5-8/h5-6H,2-4H2,1H3. The van der Waals surface area contributed by atoms with Crippen LogP contribution in [-0.2, 0) is 4.79 Å². The molecule has 0 fully saturated rings. The molecule has 0 rings (SSSR count). The number of alkyl halides is 1. The molecule has 1 nitrogen and oxygen atoms in total. The van der Waals surface area contributed by atoms with E-state index in [2.05, 4.69) is 0 Å². The molecular weight excluding hydrogens is 124 g/mol. The first-order valence-corrected chi connectivity index (χ1v) is 3.39. The van der Waals surface area contributed by atoms with Gasteiger partial charge >= 0.3 is 0 Å². The zero-order valence-corrected chi connectivity index (χ0v) is 5.82. The van der Waals surface area contributed by atoms with Crippen LogP contribution in [0.2, 0.25) is 0 Å². The second kappa shape index (κ2) is 5.10. The Labute approximate surface area is 55.0 Å². The molecule has 1 unspecified atom stereocenters. The first kappa shape index (κ1) is 7.96. The highest BCUT2D eigenvalue weighted by Crippen LogP contribution is 2.03. The van der Waals surface area contributed by atoms with Gasteiger partial charge in [-0.3, -0.25) is 0 Å². The number of hydrogen-bond donors (Lipinski definition) is 0. The number of halogens is 1. The van der Waals surface area contributed by atoms with E-state index in [1.165, 1.54) is 0 Å². The van der Waals surface area contributed by atoms with E-state index in [9.17, 15) is 4.79 Å². The van der Waals surface area contributed by atoms with Crippen molar-refractivity contribution in [1.29, 1.82) is 0 Å². The zero-order valence-electron chi connectivity index (χ0n) is 5.06. The normalized spacial score (nSPS) is 13.2. The number of rotatable bonds is 4. The van der Waals surface area contributed by atoms with Gasteiger partial charge in [0.15, 0.2) is 0 Å². The molecule has 0 heterocycles. The molecule has 0 N–H and O–H groups in total. The minimum absolute atomic E-state index is 0.0849. The van der Waals surface area contributed by atoms with Crippen molar-refractivity contribution in [1.82, 2.24) is 0 Å². The summed E-state index contributed by atoms with van der Waals surface area (Å²) in [7, 11) is 0. The number of hydrogen-bond acceptors (Lipinski definition) is 1. The zero-order chi connectivity index (χ0) is 6.41. The monoisotopic (exact) mass is 134 g/mol. The summed E-state index contributed by atoms with van der Waals surface area (Å²) in [5.74, 6) is 0.554. The summed E-state index contributed by atoms with van der Waals surface area (Å²) in [5.41, 5.74) is 0. The second-order valence-corrected chi connectivity index (χ2v) is 2.15. The van der Waals surface area contributed by atoms with Crippen molar-refractivity contribution in [2.45, 2.75) is 19.8 Å². The van der Waals surface area contributed by atoms with Gasteiger partial charge in [0.25, 0.3) is 0 Å². The molecule has 48 valence electrons. The van der Waals surface area contributed by atoms with E-state index in [0.29, 0.717) is 5.88 Å². The van der Waals surface area contributed by atoms with Gasteiger partial charge in [-0.05, 0) is 6.42 Å². The van der Waals surface area contributed by atoms with Gasteiger partial charge in [-0.1, -0.05) is 13.3 Å². The van der Waals surface area contributed by atoms with Crippen LogP contribution >= 0.6 is 11.6 Å². The second-order valence-electron chi connectivity index (χ2n) is 1.84. The van der Waals surface area contributed by atoms with Gasteiger partial charge in [0.2, 0.25) is 0 Å². The fourth-order valence-electron chi connectivity index (χ4n) is 0.552. The number of aldehydes is 1. The molecule has 0 saturated heterocycles. The lowest BCUT2D eigenvalue weighted by atomic mass is 10.1. The highest BCUT2D eigenvalue weighted by Gasteiger charge is 2.01. The van der Waals surface area contributed by atoms with Crippen molar-refractivity contribution < 1.29 is 4.79 Å². The molecule has 0 amide bonds. The first-order valence-electron chi connectivity index (χ1n) is 2.86. The summed E-state index contributed by atoms with van der Waals surface area (Å²) < 4.78 is 0. The molecule has 0 aromatic heterocycles. The molecule has 0 aliphatic heterocycles. The Morgan fingerprint density at radius 2 is 2.38 bits per heavy atom. The summed E-state index contributed by atoms with van der Waals surface area (Å²) >= 11 is 5.42. The van der Waals surface area contributed by atoms with Crippen molar-refractivity contribution >= 4 is 17.9 Å². The quantitative estimate of drug-likeness (QED) is 0.424. The van der Waals surface area contributed by atoms with Gasteiger partial charge < -0.3 is 4.79 Å². The van der Waals surface area contributed by atoms with Gasteiger partial charge in [-0.25, -0.2) is 0 Å². The third kappa shape index (κ3) is 3.03. The predicted molar refractivity (Wildman–Crippen MR) is 35.2 cm³/mol. The molecule has 0 saturated carbocycles. The topological polar surface area (TPSA) is 17.1 Å². The molecule has 8 heavy (non-hydrogen) atoms. The molecule has 0 radical (unpaired) electrons. The first-order chi connectivity index (χ1) is 3.85. The van der Waals surface area contributed by atoms with Crippen LogP contribution in [0.1, 0.15) is 19.8 Å². The summed E-state index contributed by atoms with van der Waals surface area (Å²) in [6.45, 7) is 2.04. The van der Waals surface area contributed by atoms with Gasteiger partial charge in [0.1, 0.15) is 6.29 Å². The van der Waals surface area contributed by atoms with Crippen LogP contribution in [-0.4, -0.2) is 12.2 Å². The fraction of sp³-hybridized carbons (Fsp3) is 0.833. The summed E-state index contributed by atoms with van der Waals surface area (Å²) in [5, 5.41) is 0. The Hall–Kier alpha value is -0.0400. The van der Waals surface area contributed by atoms with Crippen LogP contribution in [0.15, 0.2) is 0 Å². The maximum absolute atomic E-state index is 10.0. The Kier molecular flexibility index (Phi) is 5.08. The van der Waals surface area contributed by atoms with Crippen LogP contribution in [0.4, 0.5) is 0 Å².